The van der Waals surface area contributed by atoms with Crippen LogP contribution in [0.2, 0.25) is 0 Å². The van der Waals surface area contributed by atoms with Gasteiger partial charge in [-0.2, -0.15) is 11.2 Å². The SMILES string of the molecule is CC(C)c1cc(-c2ccccc2)cc(C(C)C)c1-n1c(-c2[c-]ccc3c2oc2cc(-c4ccccc4)ccc23)nc2ccccc21.CC1(C)c2cc(F)c[c-]c2-n2nccc2C1(C)C.[Ir]. The second-order valence-corrected chi connectivity index (χ2v) is 18.7. The Labute approximate surface area is 394 Å². The summed E-state index contributed by atoms with van der Waals surface area (Å²) in [6, 6.07) is 56.5. The normalized spacial score (nSPS) is 13.7. The zero-order valence-corrected chi connectivity index (χ0v) is 40.4. The molecule has 0 saturated heterocycles. The van der Waals surface area contributed by atoms with Crippen molar-refractivity contribution >= 4 is 33.0 Å². The van der Waals surface area contributed by atoms with Gasteiger partial charge in [0.2, 0.25) is 0 Å². The van der Waals surface area contributed by atoms with Crippen molar-refractivity contribution in [1.82, 2.24) is 19.3 Å². The third-order valence-corrected chi connectivity index (χ3v) is 13.7. The summed E-state index contributed by atoms with van der Waals surface area (Å²) in [7, 11) is 0. The molecule has 0 N–H and O–H groups in total. The molecule has 10 aromatic rings. The molecule has 0 saturated carbocycles. The molecule has 65 heavy (non-hydrogen) atoms. The summed E-state index contributed by atoms with van der Waals surface area (Å²) in [6.07, 6.45) is 1.79. The molecule has 1 aliphatic heterocycles. The molecule has 5 nitrogen and oxygen atoms in total. The van der Waals surface area contributed by atoms with Crippen LogP contribution in [0.1, 0.15) is 89.6 Å². The minimum Gasteiger partial charge on any atom is -0.501 e. The molecule has 7 heteroatoms. The van der Waals surface area contributed by atoms with Crippen LogP contribution in [0.15, 0.2) is 156 Å². The Kier molecular flexibility index (Phi) is 11.4. The van der Waals surface area contributed by atoms with E-state index in [1.54, 1.807) is 12.3 Å². The average Bonchev–Trinajstić information content (AvgIpc) is 4.05. The topological polar surface area (TPSA) is 48.8 Å². The molecule has 7 aromatic carbocycles. The molecule has 0 aliphatic carbocycles. The number of hydrogen-bond acceptors (Lipinski definition) is 3. The number of nitrogens with zero attached hydrogens (tertiary/aromatic N) is 4. The number of fused-ring (bicyclic) bond motifs is 7. The molecular weight excluding hydrogens is 980 g/mol. The quantitative estimate of drug-likeness (QED) is 0.156. The van der Waals surface area contributed by atoms with Gasteiger partial charge in [0.15, 0.2) is 0 Å². The molecule has 1 radical (unpaired) electrons. The number of imidazole rings is 1. The summed E-state index contributed by atoms with van der Waals surface area (Å²) in [6.45, 7) is 17.8. The molecule has 0 unspecified atom stereocenters. The molecule has 0 amide bonds. The Hall–Kier alpha value is -6.40. The smallest absolute Gasteiger partial charge is 0.121 e. The second-order valence-electron chi connectivity index (χ2n) is 18.7. The van der Waals surface area contributed by atoms with Gasteiger partial charge in [0, 0.05) is 54.3 Å². The third-order valence-electron chi connectivity index (χ3n) is 13.7. The van der Waals surface area contributed by atoms with Gasteiger partial charge in [-0.05, 0) is 92.7 Å². The van der Waals surface area contributed by atoms with Gasteiger partial charge in [0.1, 0.15) is 5.58 Å². The summed E-state index contributed by atoms with van der Waals surface area (Å²) in [5.41, 5.74) is 15.8. The molecule has 327 valence electrons. The van der Waals surface area contributed by atoms with E-state index >= 15 is 0 Å². The average molecular weight is 1030 g/mol. The summed E-state index contributed by atoms with van der Waals surface area (Å²) < 4.78 is 24.5. The standard InChI is InChI=1S/C43H35N2O.C15H16FN2.Ir/c1-27(2)36-24-32(30-16-9-6-10-17-30)25-37(28(3)4)41(36)45-39-21-12-11-20-38(39)44-43(45)35-19-13-18-34-33-23-22-31(26-40(33)46-42(34)35)29-14-7-5-8-15-29;1-14(2)11-9-10(16)5-6-12(11)18-13(7-8-17-18)15(14,3)4;/h5-18,20-28H,1-4H3;5,7-9H,1-4H3;/q2*-1;. The number of rotatable bonds is 6. The van der Waals surface area contributed by atoms with Crippen LogP contribution in [0.5, 0.6) is 0 Å². The van der Waals surface area contributed by atoms with Crippen molar-refractivity contribution in [1.29, 1.82) is 0 Å². The van der Waals surface area contributed by atoms with Gasteiger partial charge < -0.3 is 8.98 Å². The van der Waals surface area contributed by atoms with Crippen molar-refractivity contribution in [3.63, 3.8) is 0 Å². The van der Waals surface area contributed by atoms with Crippen LogP contribution >= 0.6 is 0 Å². The first-order chi connectivity index (χ1) is 30.8. The maximum Gasteiger partial charge on any atom is 0.121 e. The summed E-state index contributed by atoms with van der Waals surface area (Å²) in [5, 5.41) is 6.50. The minimum absolute atomic E-state index is 0. The zero-order chi connectivity index (χ0) is 44.5. The molecule has 1 aliphatic rings. The van der Waals surface area contributed by atoms with Gasteiger partial charge >= 0.3 is 0 Å². The van der Waals surface area contributed by atoms with Gasteiger partial charge in [-0.3, -0.25) is 14.1 Å². The number of para-hydroxylation sites is 2. The predicted octanol–water partition coefficient (Wildman–Crippen LogP) is 15.4. The summed E-state index contributed by atoms with van der Waals surface area (Å²) in [4.78, 5) is 5.30. The number of hydrogen-bond donors (Lipinski definition) is 0. The Morgan fingerprint density at radius 1 is 0.646 bits per heavy atom. The van der Waals surface area contributed by atoms with Crippen molar-refractivity contribution in [2.75, 3.05) is 0 Å². The van der Waals surface area contributed by atoms with Gasteiger partial charge in [0.05, 0.1) is 22.4 Å². The molecule has 0 bridgehead atoms. The van der Waals surface area contributed by atoms with Crippen LogP contribution in [0, 0.1) is 17.9 Å². The zero-order valence-electron chi connectivity index (χ0n) is 38.0. The second kappa shape index (κ2) is 16.9. The molecule has 0 fully saturated rings. The van der Waals surface area contributed by atoms with Gasteiger partial charge in [-0.25, -0.2) is 0 Å². The first kappa shape index (κ1) is 43.8. The fourth-order valence-corrected chi connectivity index (χ4v) is 9.48. The maximum absolute atomic E-state index is 13.5. The number of furan rings is 1. The van der Waals surface area contributed by atoms with Crippen LogP contribution in [0.25, 0.3) is 78.0 Å². The van der Waals surface area contributed by atoms with Gasteiger partial charge in [0.25, 0.3) is 0 Å². The Bertz CT molecular complexity index is 3330. The first-order valence-corrected chi connectivity index (χ1v) is 22.2. The molecule has 3 aromatic heterocycles. The monoisotopic (exact) mass is 1030 g/mol. The summed E-state index contributed by atoms with van der Waals surface area (Å²) in [5.74, 6) is 1.17. The predicted molar refractivity (Wildman–Crippen MR) is 260 cm³/mol. The molecule has 0 atom stereocenters. The summed E-state index contributed by atoms with van der Waals surface area (Å²) >= 11 is 0. The molecular formula is C58H51FIrN4O-2. The number of benzene rings is 7. The Morgan fingerprint density at radius 3 is 1.97 bits per heavy atom. The first-order valence-electron chi connectivity index (χ1n) is 22.2. The van der Waals surface area contributed by atoms with E-state index in [1.165, 1.54) is 39.6 Å². The fraction of sp³-hybridized carbons (Fsp3) is 0.207. The minimum atomic E-state index is -0.242. The van der Waals surface area contributed by atoms with E-state index in [1.807, 2.05) is 22.9 Å². The van der Waals surface area contributed by atoms with Crippen molar-refractivity contribution in [2.24, 2.45) is 0 Å². The van der Waals surface area contributed by atoms with Crippen molar-refractivity contribution in [3.05, 3.63) is 192 Å². The molecule has 4 heterocycles. The van der Waals surface area contributed by atoms with E-state index in [4.69, 9.17) is 9.40 Å². The van der Waals surface area contributed by atoms with E-state index in [2.05, 4.69) is 192 Å². The van der Waals surface area contributed by atoms with Crippen molar-refractivity contribution < 1.29 is 28.9 Å². The molecule has 11 rings (SSSR count). The Morgan fingerprint density at radius 2 is 1.29 bits per heavy atom. The fourth-order valence-electron chi connectivity index (χ4n) is 9.48. The van der Waals surface area contributed by atoms with E-state index in [9.17, 15) is 4.39 Å². The van der Waals surface area contributed by atoms with Crippen LogP contribution in [0.4, 0.5) is 4.39 Å². The third kappa shape index (κ3) is 7.35. The van der Waals surface area contributed by atoms with Crippen molar-refractivity contribution in [2.45, 2.75) is 78.1 Å². The Balaban J connectivity index is 0.000000235. The van der Waals surface area contributed by atoms with Crippen LogP contribution in [-0.2, 0) is 30.9 Å². The van der Waals surface area contributed by atoms with E-state index in [0.717, 1.165) is 66.9 Å². The number of halogens is 1. The van der Waals surface area contributed by atoms with Gasteiger partial charge in [-0.1, -0.05) is 151 Å². The van der Waals surface area contributed by atoms with Crippen LogP contribution in [0.3, 0.4) is 0 Å². The van der Waals surface area contributed by atoms with Crippen LogP contribution in [-0.4, -0.2) is 19.3 Å². The number of aromatic nitrogens is 4. The largest absolute Gasteiger partial charge is 0.501 e. The van der Waals surface area contributed by atoms with Crippen LogP contribution < -0.4 is 0 Å². The van der Waals surface area contributed by atoms with Crippen molar-refractivity contribution in [3.8, 4) is 45.0 Å². The molecule has 0 spiro atoms. The van der Waals surface area contributed by atoms with Gasteiger partial charge in [-0.15, -0.1) is 35.9 Å². The maximum atomic E-state index is 13.5. The van der Waals surface area contributed by atoms with E-state index in [-0.39, 0.29) is 48.6 Å². The van der Waals surface area contributed by atoms with E-state index < -0.39 is 0 Å². The van der Waals surface area contributed by atoms with E-state index in [0.29, 0.717) is 0 Å².